The molecule has 1 aromatic rings. The van der Waals surface area contributed by atoms with Gasteiger partial charge in [-0.05, 0) is 6.07 Å². The van der Waals surface area contributed by atoms with Crippen molar-refractivity contribution in [1.29, 1.82) is 0 Å². The number of aliphatic hydroxyl groups excluding tert-OH is 1. The van der Waals surface area contributed by atoms with E-state index in [9.17, 15) is 20.0 Å². The normalized spacial score (nSPS) is 10.2. The highest BCUT2D eigenvalue weighted by Gasteiger charge is 2.14. The molecular weight excluding hydrogens is 278 g/mol. The third-order valence-electron chi connectivity index (χ3n) is 2.86. The van der Waals surface area contributed by atoms with E-state index in [0.29, 0.717) is 24.4 Å². The fourth-order valence-electron chi connectivity index (χ4n) is 1.83. The Morgan fingerprint density at radius 3 is 2.81 bits per heavy atom. The molecule has 0 aromatic heterocycles. The van der Waals surface area contributed by atoms with Crippen molar-refractivity contribution in [2.75, 3.05) is 38.8 Å². The molecule has 21 heavy (non-hydrogen) atoms. The number of amides is 1. The number of nitrogens with one attached hydrogen (secondary N) is 1. The number of hydrogen-bond acceptors (Lipinski definition) is 6. The quantitative estimate of drug-likeness (QED) is 0.406. The minimum absolute atomic E-state index is 0.0779. The molecule has 1 amide bonds. The number of hydrogen-bond donors (Lipinski definition) is 2. The van der Waals surface area contributed by atoms with Crippen LogP contribution in [-0.2, 0) is 16.1 Å². The number of anilines is 1. The lowest BCUT2D eigenvalue weighted by Gasteiger charge is -2.21. The number of ether oxygens (including phenoxy) is 1. The SMILES string of the molecule is COCCNC(=O)CN(C)c1ccc([N+](=O)[O-])cc1CO. The summed E-state index contributed by atoms with van der Waals surface area (Å²) >= 11 is 0. The van der Waals surface area contributed by atoms with E-state index >= 15 is 0 Å². The summed E-state index contributed by atoms with van der Waals surface area (Å²) in [7, 11) is 3.22. The maximum Gasteiger partial charge on any atom is 0.269 e. The number of nitro benzene ring substituents is 1. The van der Waals surface area contributed by atoms with Crippen LogP contribution in [0, 0.1) is 10.1 Å². The number of nitrogens with zero attached hydrogens (tertiary/aromatic N) is 2. The van der Waals surface area contributed by atoms with Gasteiger partial charge in [-0.2, -0.15) is 0 Å². The summed E-state index contributed by atoms with van der Waals surface area (Å²) in [6.07, 6.45) is 0. The average molecular weight is 297 g/mol. The molecule has 0 fully saturated rings. The van der Waals surface area contributed by atoms with Crippen molar-refractivity contribution in [2.45, 2.75) is 6.61 Å². The van der Waals surface area contributed by atoms with Crippen LogP contribution in [0.1, 0.15) is 5.56 Å². The van der Waals surface area contributed by atoms with Crippen LogP contribution in [0.3, 0.4) is 0 Å². The Morgan fingerprint density at radius 2 is 2.24 bits per heavy atom. The fraction of sp³-hybridized carbons (Fsp3) is 0.462. The van der Waals surface area contributed by atoms with Crippen molar-refractivity contribution >= 4 is 17.3 Å². The van der Waals surface area contributed by atoms with Gasteiger partial charge in [0.05, 0.1) is 24.7 Å². The van der Waals surface area contributed by atoms with E-state index in [4.69, 9.17) is 4.74 Å². The first-order chi connectivity index (χ1) is 9.99. The second kappa shape index (κ2) is 8.18. The van der Waals surface area contributed by atoms with Gasteiger partial charge in [-0.1, -0.05) is 0 Å². The predicted octanol–water partition coefficient (Wildman–Crippen LogP) is 0.286. The van der Waals surface area contributed by atoms with Crippen molar-refractivity contribution in [1.82, 2.24) is 5.32 Å². The second-order valence-electron chi connectivity index (χ2n) is 4.43. The van der Waals surface area contributed by atoms with Crippen molar-refractivity contribution in [3.05, 3.63) is 33.9 Å². The lowest BCUT2D eigenvalue weighted by Crippen LogP contribution is -2.37. The first-order valence-electron chi connectivity index (χ1n) is 6.34. The zero-order chi connectivity index (χ0) is 15.8. The number of rotatable bonds is 8. The van der Waals surface area contributed by atoms with E-state index in [-0.39, 0.29) is 24.7 Å². The Morgan fingerprint density at radius 1 is 1.52 bits per heavy atom. The third kappa shape index (κ3) is 5.01. The Bertz CT molecular complexity index is 507. The third-order valence-corrected chi connectivity index (χ3v) is 2.86. The molecule has 0 aliphatic heterocycles. The summed E-state index contributed by atoms with van der Waals surface area (Å²) in [4.78, 5) is 23.5. The van der Waals surface area contributed by atoms with Crippen LogP contribution < -0.4 is 10.2 Å². The fourth-order valence-corrected chi connectivity index (χ4v) is 1.83. The minimum Gasteiger partial charge on any atom is -0.392 e. The molecule has 8 heteroatoms. The first-order valence-corrected chi connectivity index (χ1v) is 6.34. The van der Waals surface area contributed by atoms with Crippen molar-refractivity contribution < 1.29 is 19.6 Å². The van der Waals surface area contributed by atoms with Gasteiger partial charge in [-0.15, -0.1) is 0 Å². The van der Waals surface area contributed by atoms with Gasteiger partial charge in [-0.3, -0.25) is 14.9 Å². The molecule has 0 bridgehead atoms. The molecular formula is C13H19N3O5. The standard InChI is InChI=1S/C13H19N3O5/c1-15(8-13(18)14-5-6-21-2)12-4-3-11(16(19)20)7-10(12)9-17/h3-4,7,17H,5-6,8-9H2,1-2H3,(H,14,18). The van der Waals surface area contributed by atoms with Gasteiger partial charge in [0.1, 0.15) is 0 Å². The van der Waals surface area contributed by atoms with Crippen LogP contribution in [0.2, 0.25) is 0 Å². The Hall–Kier alpha value is -2.19. The number of carbonyl (C=O) groups excluding carboxylic acids is 1. The Kier molecular flexibility index (Phi) is 6.57. The molecule has 0 aliphatic rings. The van der Waals surface area contributed by atoms with E-state index in [0.717, 1.165) is 0 Å². The topological polar surface area (TPSA) is 105 Å². The van der Waals surface area contributed by atoms with Gasteiger partial charge in [0.2, 0.25) is 5.91 Å². The zero-order valence-electron chi connectivity index (χ0n) is 12.0. The molecule has 0 unspecified atom stereocenters. The summed E-state index contributed by atoms with van der Waals surface area (Å²) in [5.74, 6) is -0.197. The lowest BCUT2D eigenvalue weighted by atomic mass is 10.1. The van der Waals surface area contributed by atoms with Crippen molar-refractivity contribution in [2.24, 2.45) is 0 Å². The highest BCUT2D eigenvalue weighted by molar-refractivity contribution is 5.81. The molecule has 2 N–H and O–H groups in total. The number of benzene rings is 1. The maximum atomic E-state index is 11.7. The Labute approximate surface area is 122 Å². The van der Waals surface area contributed by atoms with E-state index < -0.39 is 4.92 Å². The first kappa shape index (κ1) is 16.9. The van der Waals surface area contributed by atoms with Crippen molar-refractivity contribution in [3.63, 3.8) is 0 Å². The summed E-state index contributed by atoms with van der Waals surface area (Å²) in [6.45, 7) is 0.576. The number of aliphatic hydroxyl groups is 1. The van der Waals surface area contributed by atoms with Crippen LogP contribution in [0.5, 0.6) is 0 Å². The second-order valence-corrected chi connectivity index (χ2v) is 4.43. The molecule has 0 radical (unpaired) electrons. The van der Waals surface area contributed by atoms with Crippen molar-refractivity contribution in [3.8, 4) is 0 Å². The molecule has 0 aliphatic carbocycles. The van der Waals surface area contributed by atoms with Crippen LogP contribution >= 0.6 is 0 Å². The largest absolute Gasteiger partial charge is 0.392 e. The van der Waals surface area contributed by atoms with Gasteiger partial charge in [0, 0.05) is 44.1 Å². The summed E-state index contributed by atoms with van der Waals surface area (Å²) < 4.78 is 4.83. The van der Waals surface area contributed by atoms with Crippen LogP contribution in [-0.4, -0.2) is 49.8 Å². The highest BCUT2D eigenvalue weighted by atomic mass is 16.6. The van der Waals surface area contributed by atoms with Crippen LogP contribution in [0.4, 0.5) is 11.4 Å². The molecule has 1 aromatic carbocycles. The monoisotopic (exact) mass is 297 g/mol. The molecule has 0 heterocycles. The number of likely N-dealkylation sites (N-methyl/N-ethyl adjacent to an activating group) is 1. The van der Waals surface area contributed by atoms with Gasteiger partial charge in [0.25, 0.3) is 5.69 Å². The van der Waals surface area contributed by atoms with Crippen LogP contribution in [0.15, 0.2) is 18.2 Å². The molecule has 0 saturated carbocycles. The predicted molar refractivity (Wildman–Crippen MR) is 77.2 cm³/mol. The zero-order valence-corrected chi connectivity index (χ0v) is 12.0. The molecule has 0 atom stereocenters. The van der Waals surface area contributed by atoms with Gasteiger partial charge >= 0.3 is 0 Å². The average Bonchev–Trinajstić information content (AvgIpc) is 2.46. The number of non-ortho nitro benzene ring substituents is 1. The Balaban J connectivity index is 2.75. The molecule has 1 rings (SSSR count). The van der Waals surface area contributed by atoms with E-state index in [1.807, 2.05) is 0 Å². The maximum absolute atomic E-state index is 11.7. The van der Waals surface area contributed by atoms with E-state index in [2.05, 4.69) is 5.32 Å². The molecule has 0 spiro atoms. The minimum atomic E-state index is -0.527. The molecule has 8 nitrogen and oxygen atoms in total. The van der Waals surface area contributed by atoms with Crippen LogP contribution in [0.25, 0.3) is 0 Å². The molecule has 116 valence electrons. The number of nitro groups is 1. The van der Waals surface area contributed by atoms with Gasteiger partial charge in [-0.25, -0.2) is 0 Å². The lowest BCUT2D eigenvalue weighted by molar-refractivity contribution is -0.384. The smallest absolute Gasteiger partial charge is 0.269 e. The highest BCUT2D eigenvalue weighted by Crippen LogP contribution is 2.24. The van der Waals surface area contributed by atoms with Gasteiger partial charge < -0.3 is 20.1 Å². The number of carbonyl (C=O) groups is 1. The molecule has 0 saturated heterocycles. The van der Waals surface area contributed by atoms with E-state index in [1.165, 1.54) is 18.2 Å². The summed E-state index contributed by atoms with van der Waals surface area (Å²) in [5.41, 5.74) is 0.877. The number of methoxy groups -OCH3 is 1. The van der Waals surface area contributed by atoms with E-state index in [1.54, 1.807) is 19.1 Å². The summed E-state index contributed by atoms with van der Waals surface area (Å²) in [6, 6.07) is 4.16. The van der Waals surface area contributed by atoms with Gasteiger partial charge in [0.15, 0.2) is 0 Å². The summed E-state index contributed by atoms with van der Waals surface area (Å²) in [5, 5.41) is 22.7.